The fraction of sp³-hybridized carbons (Fsp3) is 0.286. The number of rotatable bonds is 8. The van der Waals surface area contributed by atoms with Crippen LogP contribution in [0.1, 0.15) is 28.0 Å². The molecule has 0 amide bonds. The maximum absolute atomic E-state index is 13.2. The number of fused-ring (bicyclic) bond motifs is 1. The summed E-state index contributed by atoms with van der Waals surface area (Å²) in [5.41, 5.74) is 3.52. The maximum Gasteiger partial charge on any atom is 0.208 e. The van der Waals surface area contributed by atoms with E-state index in [2.05, 4.69) is 41.1 Å². The first-order valence-corrected chi connectivity index (χ1v) is 12.7. The van der Waals surface area contributed by atoms with E-state index >= 15 is 0 Å². The molecule has 0 atom stereocenters. The summed E-state index contributed by atoms with van der Waals surface area (Å²) >= 11 is 7.13. The Bertz CT molecular complexity index is 1170. The van der Waals surface area contributed by atoms with Gasteiger partial charge in [0.1, 0.15) is 0 Å². The van der Waals surface area contributed by atoms with Crippen LogP contribution < -0.4 is 4.72 Å². The van der Waals surface area contributed by atoms with E-state index in [9.17, 15) is 13.2 Å². The van der Waals surface area contributed by atoms with Crippen molar-refractivity contribution >= 4 is 58.6 Å². The van der Waals surface area contributed by atoms with Gasteiger partial charge in [-0.1, -0.05) is 46.3 Å². The zero-order valence-electron chi connectivity index (χ0n) is 16.2. The molecule has 154 valence electrons. The topological polar surface area (TPSA) is 68.2 Å². The first kappa shape index (κ1) is 22.2. The average molecular weight is 542 g/mol. The molecular formula is C21H22Br2N2O3S. The monoisotopic (exact) mass is 540 g/mol. The molecule has 29 heavy (non-hydrogen) atoms. The number of hydrogen-bond acceptors (Lipinski definition) is 3. The standard InChI is InChI=1S/C21H22Br2N2O3S/c1-14-20(19(26)13-15-7-3-4-9-17(15)22)16-8-5-10-18(23)21(16)25(14)12-6-11-24-29(2,27)28/h3-5,7-10,24H,6,11-13H2,1-2H3. The predicted molar refractivity (Wildman–Crippen MR) is 124 cm³/mol. The third-order valence-corrected chi connectivity index (χ3v) is 6.95. The molecule has 0 aliphatic carbocycles. The molecule has 3 aromatic rings. The Morgan fingerprint density at radius 1 is 1.07 bits per heavy atom. The van der Waals surface area contributed by atoms with Crippen molar-refractivity contribution < 1.29 is 13.2 Å². The molecule has 8 heteroatoms. The average Bonchev–Trinajstić information content (AvgIpc) is 2.93. The second-order valence-electron chi connectivity index (χ2n) is 6.96. The number of carbonyl (C=O) groups excluding carboxylic acids is 1. The van der Waals surface area contributed by atoms with E-state index in [1.807, 2.05) is 49.4 Å². The normalized spacial score (nSPS) is 11.9. The highest BCUT2D eigenvalue weighted by molar-refractivity contribution is 9.11. The van der Waals surface area contributed by atoms with Gasteiger partial charge in [0.05, 0.1) is 11.8 Å². The molecule has 1 N–H and O–H groups in total. The van der Waals surface area contributed by atoms with E-state index < -0.39 is 10.0 Å². The van der Waals surface area contributed by atoms with Crippen molar-refractivity contribution in [2.45, 2.75) is 26.3 Å². The smallest absolute Gasteiger partial charge is 0.208 e. The number of Topliss-reactive ketones (excluding diaryl/α,β-unsaturated/α-hetero) is 1. The summed E-state index contributed by atoms with van der Waals surface area (Å²) in [6, 6.07) is 13.6. The van der Waals surface area contributed by atoms with Gasteiger partial charge in [0.25, 0.3) is 0 Å². The van der Waals surface area contributed by atoms with E-state index in [1.54, 1.807) is 0 Å². The number of carbonyl (C=O) groups is 1. The van der Waals surface area contributed by atoms with Crippen molar-refractivity contribution in [3.05, 3.63) is 68.2 Å². The number of hydrogen-bond donors (Lipinski definition) is 1. The van der Waals surface area contributed by atoms with Gasteiger partial charge in [0.2, 0.25) is 10.0 Å². The second-order valence-corrected chi connectivity index (χ2v) is 10.5. The molecular weight excluding hydrogens is 520 g/mol. The number of halogens is 2. The summed E-state index contributed by atoms with van der Waals surface area (Å²) < 4.78 is 29.0. The van der Waals surface area contributed by atoms with Gasteiger partial charge < -0.3 is 4.57 Å². The number of para-hydroxylation sites is 1. The molecule has 0 spiro atoms. The van der Waals surface area contributed by atoms with Gasteiger partial charge in [0, 0.05) is 45.1 Å². The van der Waals surface area contributed by atoms with Crippen LogP contribution in [0.15, 0.2) is 51.4 Å². The first-order valence-electron chi connectivity index (χ1n) is 9.17. The van der Waals surface area contributed by atoms with Crippen LogP contribution in [0.25, 0.3) is 10.9 Å². The summed E-state index contributed by atoms with van der Waals surface area (Å²) in [5.74, 6) is 0.0607. The van der Waals surface area contributed by atoms with Gasteiger partial charge in [-0.15, -0.1) is 0 Å². The second kappa shape index (κ2) is 9.12. The molecule has 0 aliphatic rings. The molecule has 0 aliphatic heterocycles. The lowest BCUT2D eigenvalue weighted by Gasteiger charge is -2.10. The molecule has 5 nitrogen and oxygen atoms in total. The number of nitrogens with zero attached hydrogens (tertiary/aromatic N) is 1. The molecule has 0 unspecified atom stereocenters. The number of aryl methyl sites for hydroxylation is 1. The van der Waals surface area contributed by atoms with Crippen LogP contribution in [0.2, 0.25) is 0 Å². The third-order valence-electron chi connectivity index (χ3n) is 4.80. The first-order chi connectivity index (χ1) is 13.7. The molecule has 3 rings (SSSR count). The Kier molecular flexibility index (Phi) is 6.98. The van der Waals surface area contributed by atoms with Crippen LogP contribution in [-0.2, 0) is 23.0 Å². The molecule has 2 aromatic carbocycles. The van der Waals surface area contributed by atoms with Crippen LogP contribution >= 0.6 is 31.9 Å². The molecule has 1 aromatic heterocycles. The summed E-state index contributed by atoms with van der Waals surface area (Å²) in [6.07, 6.45) is 2.08. The van der Waals surface area contributed by atoms with Crippen molar-refractivity contribution in [2.24, 2.45) is 0 Å². The quantitative estimate of drug-likeness (QED) is 0.328. The maximum atomic E-state index is 13.2. The molecule has 0 bridgehead atoms. The molecule has 1 heterocycles. The minimum atomic E-state index is -3.21. The Morgan fingerprint density at radius 2 is 1.76 bits per heavy atom. The van der Waals surface area contributed by atoms with E-state index in [4.69, 9.17) is 0 Å². The molecule has 0 saturated carbocycles. The number of ketones is 1. The van der Waals surface area contributed by atoms with Crippen molar-refractivity contribution in [2.75, 3.05) is 12.8 Å². The minimum absolute atomic E-state index is 0.0607. The summed E-state index contributed by atoms with van der Waals surface area (Å²) in [5, 5.41) is 0.907. The van der Waals surface area contributed by atoms with Crippen LogP contribution in [0, 0.1) is 6.92 Å². The SMILES string of the molecule is Cc1c(C(=O)Cc2ccccc2Br)c2cccc(Br)c2n1CCCNS(C)(=O)=O. The summed E-state index contributed by atoms with van der Waals surface area (Å²) in [6.45, 7) is 2.90. The number of nitrogens with one attached hydrogen (secondary N) is 1. The van der Waals surface area contributed by atoms with E-state index in [-0.39, 0.29) is 5.78 Å². The Hall–Kier alpha value is -1.48. The molecule has 0 fully saturated rings. The fourth-order valence-electron chi connectivity index (χ4n) is 3.52. The highest BCUT2D eigenvalue weighted by Gasteiger charge is 2.22. The van der Waals surface area contributed by atoms with Crippen molar-refractivity contribution in [3.8, 4) is 0 Å². The van der Waals surface area contributed by atoms with Crippen molar-refractivity contribution in [1.82, 2.24) is 9.29 Å². The van der Waals surface area contributed by atoms with Crippen LogP contribution in [0.5, 0.6) is 0 Å². The van der Waals surface area contributed by atoms with E-state index in [1.165, 1.54) is 0 Å². The lowest BCUT2D eigenvalue weighted by atomic mass is 10.0. The fourth-order valence-corrected chi connectivity index (χ4v) is 5.04. The van der Waals surface area contributed by atoms with Gasteiger partial charge in [-0.2, -0.15) is 0 Å². The van der Waals surface area contributed by atoms with Gasteiger partial charge >= 0.3 is 0 Å². The highest BCUT2D eigenvalue weighted by Crippen LogP contribution is 2.33. The molecule has 0 saturated heterocycles. The van der Waals surface area contributed by atoms with E-state index in [0.29, 0.717) is 31.5 Å². The highest BCUT2D eigenvalue weighted by atomic mass is 79.9. The lowest BCUT2D eigenvalue weighted by Crippen LogP contribution is -2.24. The van der Waals surface area contributed by atoms with Crippen LogP contribution in [0.4, 0.5) is 0 Å². The Morgan fingerprint density at radius 3 is 2.45 bits per heavy atom. The summed E-state index contributed by atoms with van der Waals surface area (Å²) in [7, 11) is -3.21. The van der Waals surface area contributed by atoms with Crippen LogP contribution in [0.3, 0.4) is 0 Å². The zero-order valence-corrected chi connectivity index (χ0v) is 20.2. The molecule has 0 radical (unpaired) electrons. The third kappa shape index (κ3) is 5.17. The van der Waals surface area contributed by atoms with Gasteiger partial charge in [-0.3, -0.25) is 4.79 Å². The largest absolute Gasteiger partial charge is 0.343 e. The van der Waals surface area contributed by atoms with Gasteiger partial charge in [0.15, 0.2) is 5.78 Å². The van der Waals surface area contributed by atoms with Crippen molar-refractivity contribution in [1.29, 1.82) is 0 Å². The number of aromatic nitrogens is 1. The van der Waals surface area contributed by atoms with Gasteiger partial charge in [-0.05, 0) is 47.0 Å². The number of benzene rings is 2. The Balaban J connectivity index is 1.95. The van der Waals surface area contributed by atoms with Gasteiger partial charge in [-0.25, -0.2) is 13.1 Å². The minimum Gasteiger partial charge on any atom is -0.343 e. The predicted octanol–water partition coefficient (Wildman–Crippen LogP) is 4.84. The Labute approximate surface area is 187 Å². The summed E-state index contributed by atoms with van der Waals surface area (Å²) in [4.78, 5) is 13.2. The zero-order chi connectivity index (χ0) is 21.2. The van der Waals surface area contributed by atoms with Crippen LogP contribution in [-0.4, -0.2) is 31.6 Å². The lowest BCUT2D eigenvalue weighted by molar-refractivity contribution is 0.0993. The van der Waals surface area contributed by atoms with E-state index in [0.717, 1.165) is 37.4 Å². The number of sulfonamides is 1. The van der Waals surface area contributed by atoms with Crippen molar-refractivity contribution in [3.63, 3.8) is 0 Å².